The lowest BCUT2D eigenvalue weighted by molar-refractivity contribution is 0.536. The van der Waals surface area contributed by atoms with Crippen molar-refractivity contribution in [2.75, 3.05) is 11.4 Å². The molecular formula is C13H10Cl2N3O2S-. The van der Waals surface area contributed by atoms with E-state index in [9.17, 15) is 8.76 Å². The highest BCUT2D eigenvalue weighted by Crippen LogP contribution is 2.37. The molecule has 3 rings (SSSR count). The van der Waals surface area contributed by atoms with Crippen LogP contribution in [0.3, 0.4) is 0 Å². The van der Waals surface area contributed by atoms with Gasteiger partial charge in [-0.15, -0.1) is 0 Å². The van der Waals surface area contributed by atoms with Gasteiger partial charge in [0.25, 0.3) is 0 Å². The minimum Gasteiger partial charge on any atom is -0.772 e. The summed E-state index contributed by atoms with van der Waals surface area (Å²) in [5.41, 5.74) is 2.59. The molecule has 1 aromatic carbocycles. The number of nitrogens with zero attached hydrogens (tertiary/aromatic N) is 3. The van der Waals surface area contributed by atoms with Crippen LogP contribution in [-0.2, 0) is 23.3 Å². The summed E-state index contributed by atoms with van der Waals surface area (Å²) in [7, 11) is 0. The largest absolute Gasteiger partial charge is 0.772 e. The Kier molecular flexibility index (Phi) is 4.12. The molecule has 5 nitrogen and oxygen atoms in total. The zero-order valence-corrected chi connectivity index (χ0v) is 13.1. The van der Waals surface area contributed by atoms with Crippen LogP contribution in [0.25, 0.3) is 0 Å². The van der Waals surface area contributed by atoms with Crippen LogP contribution >= 0.6 is 23.2 Å². The van der Waals surface area contributed by atoms with Gasteiger partial charge in [0.05, 0.1) is 0 Å². The number of aromatic nitrogens is 2. The highest BCUT2D eigenvalue weighted by molar-refractivity contribution is 7.78. The summed E-state index contributed by atoms with van der Waals surface area (Å²) in [4.78, 5) is 10.1. The Morgan fingerprint density at radius 3 is 2.81 bits per heavy atom. The van der Waals surface area contributed by atoms with Crippen molar-refractivity contribution in [2.24, 2.45) is 0 Å². The van der Waals surface area contributed by atoms with Crippen LogP contribution in [0.2, 0.25) is 10.2 Å². The molecule has 21 heavy (non-hydrogen) atoms. The van der Waals surface area contributed by atoms with Crippen LogP contribution in [0, 0.1) is 0 Å². The van der Waals surface area contributed by atoms with Gasteiger partial charge < -0.3 is 9.45 Å². The Balaban J connectivity index is 1.99. The molecule has 0 N–H and O–H groups in total. The highest BCUT2D eigenvalue weighted by Gasteiger charge is 2.23. The van der Waals surface area contributed by atoms with Gasteiger partial charge in [0.1, 0.15) is 17.3 Å². The molecule has 1 atom stereocenters. The van der Waals surface area contributed by atoms with Crippen LogP contribution in [0.4, 0.5) is 11.5 Å². The SMILES string of the molecule is O=S([O-])Cc1cc2c(cc1Cl)N(c1cc(Cl)ncn1)CC2. The Morgan fingerprint density at radius 2 is 2.10 bits per heavy atom. The molecule has 1 aliphatic heterocycles. The first-order chi connectivity index (χ1) is 10.0. The maximum Gasteiger partial charge on any atom is 0.137 e. The lowest BCUT2D eigenvalue weighted by Gasteiger charge is -2.19. The highest BCUT2D eigenvalue weighted by atomic mass is 35.5. The molecule has 110 valence electrons. The van der Waals surface area contributed by atoms with Gasteiger partial charge in [-0.1, -0.05) is 40.3 Å². The molecule has 2 aromatic rings. The van der Waals surface area contributed by atoms with E-state index in [0.717, 1.165) is 24.2 Å². The van der Waals surface area contributed by atoms with Gasteiger partial charge in [-0.2, -0.15) is 0 Å². The Labute approximate surface area is 134 Å². The average Bonchev–Trinajstić information content (AvgIpc) is 2.81. The zero-order valence-electron chi connectivity index (χ0n) is 10.8. The standard InChI is InChI=1S/C13H11Cl2N3O2S/c14-10-4-11-8(3-9(10)6-21(19)20)1-2-18(11)13-5-12(15)16-7-17-13/h3-5,7H,1-2,6H2,(H,19,20)/p-1. The third-order valence-electron chi connectivity index (χ3n) is 3.31. The van der Waals surface area contributed by atoms with Crippen molar-refractivity contribution in [3.05, 3.63) is 45.8 Å². The van der Waals surface area contributed by atoms with Crippen LogP contribution in [-0.4, -0.2) is 25.3 Å². The summed E-state index contributed by atoms with van der Waals surface area (Å²) in [6, 6.07) is 5.31. The molecule has 1 unspecified atom stereocenters. The number of rotatable bonds is 3. The number of hydrogen-bond acceptors (Lipinski definition) is 5. The predicted octanol–water partition coefficient (Wildman–Crippen LogP) is 2.86. The number of benzene rings is 1. The fourth-order valence-corrected chi connectivity index (χ4v) is 3.35. The average molecular weight is 343 g/mol. The van der Waals surface area contributed by atoms with Crippen molar-refractivity contribution >= 4 is 45.8 Å². The fourth-order valence-electron chi connectivity index (χ4n) is 2.41. The molecule has 0 fully saturated rings. The smallest absolute Gasteiger partial charge is 0.137 e. The van der Waals surface area contributed by atoms with Gasteiger partial charge in [-0.05, 0) is 23.6 Å². The van der Waals surface area contributed by atoms with E-state index in [1.54, 1.807) is 12.1 Å². The maximum absolute atomic E-state index is 10.8. The molecule has 2 heterocycles. The van der Waals surface area contributed by atoms with E-state index in [0.29, 0.717) is 21.6 Å². The first kappa shape index (κ1) is 14.7. The minimum atomic E-state index is -2.16. The van der Waals surface area contributed by atoms with Crippen molar-refractivity contribution < 1.29 is 8.76 Å². The topological polar surface area (TPSA) is 69.2 Å². The molecule has 1 aliphatic rings. The van der Waals surface area contributed by atoms with E-state index in [4.69, 9.17) is 23.2 Å². The number of fused-ring (bicyclic) bond motifs is 1. The van der Waals surface area contributed by atoms with Gasteiger partial charge in [0.2, 0.25) is 0 Å². The van der Waals surface area contributed by atoms with E-state index in [1.165, 1.54) is 6.33 Å². The third-order valence-corrected chi connectivity index (χ3v) is 4.42. The molecule has 0 amide bonds. The first-order valence-electron chi connectivity index (χ1n) is 6.17. The van der Waals surface area contributed by atoms with Crippen molar-refractivity contribution in [1.82, 2.24) is 9.97 Å². The van der Waals surface area contributed by atoms with Gasteiger partial charge >= 0.3 is 0 Å². The van der Waals surface area contributed by atoms with Crippen molar-refractivity contribution in [1.29, 1.82) is 0 Å². The Hall–Kier alpha value is -1.21. The second-order valence-electron chi connectivity index (χ2n) is 4.62. The summed E-state index contributed by atoms with van der Waals surface area (Å²) >= 11 is 9.91. The molecule has 8 heteroatoms. The molecule has 0 spiro atoms. The fraction of sp³-hybridized carbons (Fsp3) is 0.231. The molecule has 0 saturated heterocycles. The Morgan fingerprint density at radius 1 is 1.29 bits per heavy atom. The maximum atomic E-state index is 10.8. The normalized spacial score (nSPS) is 15.1. The second-order valence-corrected chi connectivity index (χ2v) is 6.31. The third kappa shape index (κ3) is 3.03. The molecule has 0 radical (unpaired) electrons. The molecular weight excluding hydrogens is 333 g/mol. The second kappa shape index (κ2) is 5.88. The Bertz CT molecular complexity index is 727. The van der Waals surface area contributed by atoms with E-state index >= 15 is 0 Å². The summed E-state index contributed by atoms with van der Waals surface area (Å²) < 4.78 is 21.7. The lowest BCUT2D eigenvalue weighted by atomic mass is 10.1. The summed E-state index contributed by atoms with van der Waals surface area (Å²) in [6.45, 7) is 0.739. The lowest BCUT2D eigenvalue weighted by Crippen LogP contribution is -2.14. The van der Waals surface area contributed by atoms with Gasteiger partial charge in [0.15, 0.2) is 0 Å². The van der Waals surface area contributed by atoms with E-state index in [1.807, 2.05) is 11.0 Å². The van der Waals surface area contributed by atoms with Gasteiger partial charge in [0, 0.05) is 29.1 Å². The minimum absolute atomic E-state index is 0.0779. The zero-order chi connectivity index (χ0) is 15.0. The van der Waals surface area contributed by atoms with Crippen LogP contribution in [0.1, 0.15) is 11.1 Å². The molecule has 0 saturated carbocycles. The molecule has 0 aliphatic carbocycles. The number of anilines is 2. The predicted molar refractivity (Wildman–Crippen MR) is 81.8 cm³/mol. The summed E-state index contributed by atoms with van der Waals surface area (Å²) in [6.07, 6.45) is 2.21. The number of halogens is 2. The van der Waals surface area contributed by atoms with E-state index < -0.39 is 11.1 Å². The molecule has 0 bridgehead atoms. The molecule has 1 aromatic heterocycles. The van der Waals surface area contributed by atoms with Crippen LogP contribution < -0.4 is 4.90 Å². The van der Waals surface area contributed by atoms with E-state index in [-0.39, 0.29) is 5.75 Å². The summed E-state index contributed by atoms with van der Waals surface area (Å²) in [5, 5.41) is 0.808. The first-order valence-corrected chi connectivity index (χ1v) is 8.17. The number of hydrogen-bond donors (Lipinski definition) is 0. The van der Waals surface area contributed by atoms with Gasteiger partial charge in [-0.3, -0.25) is 4.21 Å². The van der Waals surface area contributed by atoms with Gasteiger partial charge in [-0.25, -0.2) is 9.97 Å². The monoisotopic (exact) mass is 342 g/mol. The van der Waals surface area contributed by atoms with Crippen molar-refractivity contribution in [3.8, 4) is 0 Å². The summed E-state index contributed by atoms with van der Waals surface area (Å²) in [5.74, 6) is 0.621. The van der Waals surface area contributed by atoms with Crippen molar-refractivity contribution in [2.45, 2.75) is 12.2 Å². The van der Waals surface area contributed by atoms with Crippen molar-refractivity contribution in [3.63, 3.8) is 0 Å². The van der Waals surface area contributed by atoms with E-state index in [2.05, 4.69) is 9.97 Å². The quantitative estimate of drug-likeness (QED) is 0.633. The van der Waals surface area contributed by atoms with Crippen LogP contribution in [0.15, 0.2) is 24.5 Å². The van der Waals surface area contributed by atoms with Crippen LogP contribution in [0.5, 0.6) is 0 Å².